The third kappa shape index (κ3) is 6.47. The van der Waals surface area contributed by atoms with E-state index in [1.54, 1.807) is 0 Å². The summed E-state index contributed by atoms with van der Waals surface area (Å²) in [5.41, 5.74) is 0.577. The quantitative estimate of drug-likeness (QED) is 0.483. The molecular weight excluding hydrogens is 214 g/mol. The molecule has 0 saturated carbocycles. The lowest BCUT2D eigenvalue weighted by molar-refractivity contribution is -0.139. The van der Waals surface area contributed by atoms with E-state index >= 15 is 0 Å². The fraction of sp³-hybridized carbons (Fsp3) is 0.786. The maximum absolute atomic E-state index is 11.5. The predicted molar refractivity (Wildman–Crippen MR) is 72.0 cm³/mol. The summed E-state index contributed by atoms with van der Waals surface area (Å²) in [4.78, 5) is 13.8. The van der Waals surface area contributed by atoms with Gasteiger partial charge in [-0.25, -0.2) is 4.79 Å². The second-order valence-corrected chi connectivity index (χ2v) is 4.91. The minimum absolute atomic E-state index is 0.251. The third-order valence-electron chi connectivity index (χ3n) is 2.75. The summed E-state index contributed by atoms with van der Waals surface area (Å²) in [6, 6.07) is 0.931. The zero-order chi connectivity index (χ0) is 13.4. The van der Waals surface area contributed by atoms with Crippen LogP contribution in [0.5, 0.6) is 0 Å². The summed E-state index contributed by atoms with van der Waals surface area (Å²) in [7, 11) is 0. The smallest absolute Gasteiger partial charge is 0.333 e. The van der Waals surface area contributed by atoms with Crippen LogP contribution >= 0.6 is 0 Å². The van der Waals surface area contributed by atoms with Crippen LogP contribution in [0, 0.1) is 0 Å². The third-order valence-corrected chi connectivity index (χ3v) is 2.75. The molecule has 100 valence electrons. The molecule has 0 saturated heterocycles. The molecule has 0 aromatic rings. The Kier molecular flexibility index (Phi) is 7.88. The van der Waals surface area contributed by atoms with Crippen LogP contribution in [0.1, 0.15) is 47.5 Å². The fourth-order valence-electron chi connectivity index (χ4n) is 1.86. The molecule has 0 aromatic heterocycles. The summed E-state index contributed by atoms with van der Waals surface area (Å²) in [5.74, 6) is -0.251. The SMILES string of the molecule is C=C(CCC)C(=O)OCCN(C(C)C)C(C)C. The molecule has 0 aliphatic rings. The Morgan fingerprint density at radius 1 is 1.24 bits per heavy atom. The number of hydrogen-bond acceptors (Lipinski definition) is 3. The number of esters is 1. The molecule has 0 fully saturated rings. The lowest BCUT2D eigenvalue weighted by Crippen LogP contribution is -2.39. The highest BCUT2D eigenvalue weighted by atomic mass is 16.5. The molecule has 0 unspecified atom stereocenters. The van der Waals surface area contributed by atoms with E-state index < -0.39 is 0 Å². The highest BCUT2D eigenvalue weighted by Gasteiger charge is 2.14. The van der Waals surface area contributed by atoms with Crippen molar-refractivity contribution in [2.75, 3.05) is 13.2 Å². The van der Waals surface area contributed by atoms with Crippen LogP contribution in [0.25, 0.3) is 0 Å². The number of carbonyl (C=O) groups is 1. The first-order valence-electron chi connectivity index (χ1n) is 6.50. The van der Waals surface area contributed by atoms with Gasteiger partial charge in [-0.3, -0.25) is 4.90 Å². The highest BCUT2D eigenvalue weighted by molar-refractivity contribution is 5.87. The Labute approximate surface area is 106 Å². The largest absolute Gasteiger partial charge is 0.461 e. The van der Waals surface area contributed by atoms with Crippen LogP contribution in [0.15, 0.2) is 12.2 Å². The Morgan fingerprint density at radius 2 is 1.76 bits per heavy atom. The molecule has 0 radical (unpaired) electrons. The molecule has 0 bridgehead atoms. The Hall–Kier alpha value is -0.830. The first-order chi connectivity index (χ1) is 7.90. The Morgan fingerprint density at radius 3 is 2.18 bits per heavy atom. The molecule has 0 spiro atoms. The van der Waals surface area contributed by atoms with E-state index in [2.05, 4.69) is 39.2 Å². The summed E-state index contributed by atoms with van der Waals surface area (Å²) < 4.78 is 5.21. The average Bonchev–Trinajstić information content (AvgIpc) is 2.23. The molecule has 3 nitrogen and oxygen atoms in total. The number of hydrogen-bond donors (Lipinski definition) is 0. The molecular formula is C14H27NO2. The number of nitrogens with zero attached hydrogens (tertiary/aromatic N) is 1. The van der Waals surface area contributed by atoms with Crippen molar-refractivity contribution in [2.24, 2.45) is 0 Å². The summed E-state index contributed by atoms with van der Waals surface area (Å²) >= 11 is 0. The van der Waals surface area contributed by atoms with Crippen LogP contribution in [0.2, 0.25) is 0 Å². The van der Waals surface area contributed by atoms with Crippen LogP contribution in [0.3, 0.4) is 0 Å². The van der Waals surface area contributed by atoms with E-state index in [1.165, 1.54) is 0 Å². The van der Waals surface area contributed by atoms with Crippen LogP contribution < -0.4 is 0 Å². The molecule has 3 heteroatoms. The number of ether oxygens (including phenoxy) is 1. The van der Waals surface area contributed by atoms with Gasteiger partial charge in [-0.05, 0) is 34.1 Å². The van der Waals surface area contributed by atoms with Crippen molar-refractivity contribution in [2.45, 2.75) is 59.5 Å². The van der Waals surface area contributed by atoms with E-state index in [4.69, 9.17) is 4.74 Å². The van der Waals surface area contributed by atoms with Crippen molar-refractivity contribution in [1.29, 1.82) is 0 Å². The summed E-state index contributed by atoms with van der Waals surface area (Å²) in [6.07, 6.45) is 1.65. The molecule has 0 aliphatic carbocycles. The van der Waals surface area contributed by atoms with Crippen molar-refractivity contribution in [1.82, 2.24) is 4.90 Å². The van der Waals surface area contributed by atoms with Crippen LogP contribution in [-0.4, -0.2) is 36.1 Å². The monoisotopic (exact) mass is 241 g/mol. The second kappa shape index (κ2) is 8.29. The van der Waals surface area contributed by atoms with E-state index in [-0.39, 0.29) is 5.97 Å². The van der Waals surface area contributed by atoms with Crippen molar-refractivity contribution in [3.63, 3.8) is 0 Å². The zero-order valence-corrected chi connectivity index (χ0v) is 12.0. The molecule has 0 heterocycles. The molecule has 0 rings (SSSR count). The van der Waals surface area contributed by atoms with Gasteiger partial charge in [-0.2, -0.15) is 0 Å². The van der Waals surface area contributed by atoms with Crippen molar-refractivity contribution in [3.05, 3.63) is 12.2 Å². The number of rotatable bonds is 8. The lowest BCUT2D eigenvalue weighted by Gasteiger charge is -2.30. The van der Waals surface area contributed by atoms with Gasteiger partial charge in [-0.15, -0.1) is 0 Å². The maximum Gasteiger partial charge on any atom is 0.333 e. The van der Waals surface area contributed by atoms with Crippen molar-refractivity contribution in [3.8, 4) is 0 Å². The predicted octanol–water partition coefficient (Wildman–Crippen LogP) is 3.00. The van der Waals surface area contributed by atoms with Gasteiger partial charge in [0.2, 0.25) is 0 Å². The van der Waals surface area contributed by atoms with Crippen LogP contribution in [-0.2, 0) is 9.53 Å². The van der Waals surface area contributed by atoms with Gasteiger partial charge in [-0.1, -0.05) is 19.9 Å². The second-order valence-electron chi connectivity index (χ2n) is 4.91. The summed E-state index contributed by atoms with van der Waals surface area (Å²) in [5, 5.41) is 0. The van der Waals surface area contributed by atoms with Gasteiger partial charge in [0, 0.05) is 24.2 Å². The molecule has 0 N–H and O–H groups in total. The summed E-state index contributed by atoms with van der Waals surface area (Å²) in [6.45, 7) is 15.6. The molecule has 17 heavy (non-hydrogen) atoms. The topological polar surface area (TPSA) is 29.5 Å². The van der Waals surface area contributed by atoms with E-state index in [0.29, 0.717) is 24.3 Å². The molecule has 0 atom stereocenters. The van der Waals surface area contributed by atoms with Gasteiger partial charge in [0.1, 0.15) is 6.61 Å². The normalized spacial score (nSPS) is 11.3. The first-order valence-corrected chi connectivity index (χ1v) is 6.50. The molecule has 0 aliphatic heterocycles. The van der Waals surface area contributed by atoms with Gasteiger partial charge >= 0.3 is 5.97 Å². The van der Waals surface area contributed by atoms with Gasteiger partial charge in [0.05, 0.1) is 0 Å². The Bertz CT molecular complexity index is 239. The minimum atomic E-state index is -0.251. The molecule has 0 amide bonds. The maximum atomic E-state index is 11.5. The minimum Gasteiger partial charge on any atom is -0.461 e. The average molecular weight is 241 g/mol. The fourth-order valence-corrected chi connectivity index (χ4v) is 1.86. The number of carbonyl (C=O) groups excluding carboxylic acids is 1. The van der Waals surface area contributed by atoms with E-state index in [9.17, 15) is 4.79 Å². The van der Waals surface area contributed by atoms with Crippen LogP contribution in [0.4, 0.5) is 0 Å². The standard InChI is InChI=1S/C14H27NO2/c1-7-8-13(6)14(16)17-10-9-15(11(2)3)12(4)5/h11-12H,6-10H2,1-5H3. The molecule has 0 aromatic carbocycles. The highest BCUT2D eigenvalue weighted by Crippen LogP contribution is 2.06. The lowest BCUT2D eigenvalue weighted by atomic mass is 10.2. The van der Waals surface area contributed by atoms with Gasteiger partial charge in [0.15, 0.2) is 0 Å². The van der Waals surface area contributed by atoms with Crippen molar-refractivity contribution >= 4 is 5.97 Å². The van der Waals surface area contributed by atoms with E-state index in [0.717, 1.165) is 19.4 Å². The zero-order valence-electron chi connectivity index (χ0n) is 12.0. The van der Waals surface area contributed by atoms with Gasteiger partial charge < -0.3 is 4.74 Å². The Balaban J connectivity index is 3.96. The van der Waals surface area contributed by atoms with E-state index in [1.807, 2.05) is 6.92 Å². The van der Waals surface area contributed by atoms with Gasteiger partial charge in [0.25, 0.3) is 0 Å². The van der Waals surface area contributed by atoms with Crippen molar-refractivity contribution < 1.29 is 9.53 Å². The first kappa shape index (κ1) is 16.2.